The van der Waals surface area contributed by atoms with Gasteiger partial charge in [0.2, 0.25) is 0 Å². The van der Waals surface area contributed by atoms with Crippen LogP contribution in [-0.2, 0) is 0 Å². The first-order valence-electron chi connectivity index (χ1n) is 6.80. The minimum absolute atomic E-state index is 0.0908. The topological polar surface area (TPSA) is 29.3 Å². The third-order valence-electron chi connectivity index (χ3n) is 3.92. The van der Waals surface area contributed by atoms with Gasteiger partial charge in [0.1, 0.15) is 0 Å². The fourth-order valence-electron chi connectivity index (χ4n) is 2.66. The lowest BCUT2D eigenvalue weighted by molar-refractivity contribution is 0.390. The van der Waals surface area contributed by atoms with Crippen LogP contribution in [0, 0.1) is 5.92 Å². The number of nitrogens with zero attached hydrogens (tertiary/aromatic N) is 1. The van der Waals surface area contributed by atoms with Crippen molar-refractivity contribution in [1.82, 2.24) is 0 Å². The molecule has 1 fully saturated rings. The summed E-state index contributed by atoms with van der Waals surface area (Å²) < 4.78 is 1.17. The monoisotopic (exact) mass is 310 g/mol. The van der Waals surface area contributed by atoms with Gasteiger partial charge in [-0.1, -0.05) is 13.0 Å². The second-order valence-electron chi connectivity index (χ2n) is 5.68. The molecular formula is C15H23BrN2. The third-order valence-corrected chi connectivity index (χ3v) is 4.56. The molecule has 1 saturated heterocycles. The predicted molar refractivity (Wildman–Crippen MR) is 82.0 cm³/mol. The van der Waals surface area contributed by atoms with Crippen molar-refractivity contribution in [2.45, 2.75) is 45.7 Å². The zero-order valence-corrected chi connectivity index (χ0v) is 13.1. The van der Waals surface area contributed by atoms with Crippen molar-refractivity contribution in [2.75, 3.05) is 11.4 Å². The smallest absolute Gasteiger partial charge is 0.0513 e. The average molecular weight is 311 g/mol. The normalized spacial score (nSPS) is 26.2. The first-order valence-corrected chi connectivity index (χ1v) is 7.60. The molecule has 0 aliphatic carbocycles. The van der Waals surface area contributed by atoms with E-state index in [1.54, 1.807) is 0 Å². The van der Waals surface area contributed by atoms with Gasteiger partial charge in [-0.25, -0.2) is 0 Å². The number of halogens is 1. The van der Waals surface area contributed by atoms with E-state index in [9.17, 15) is 0 Å². The van der Waals surface area contributed by atoms with E-state index in [0.717, 1.165) is 12.5 Å². The van der Waals surface area contributed by atoms with Crippen molar-refractivity contribution in [1.29, 1.82) is 0 Å². The molecular weight excluding hydrogens is 288 g/mol. The van der Waals surface area contributed by atoms with Crippen LogP contribution in [0.5, 0.6) is 0 Å². The SMILES string of the molecule is CC1CCC(C)N(c2ccc([C@@H](C)N)cc2Br)C1. The first kappa shape index (κ1) is 13.9. The summed E-state index contributed by atoms with van der Waals surface area (Å²) in [5.41, 5.74) is 8.41. The molecule has 1 aromatic carbocycles. The summed E-state index contributed by atoms with van der Waals surface area (Å²) in [4.78, 5) is 2.52. The van der Waals surface area contributed by atoms with E-state index in [4.69, 9.17) is 5.73 Å². The van der Waals surface area contributed by atoms with Crippen molar-refractivity contribution < 1.29 is 0 Å². The van der Waals surface area contributed by atoms with Crippen molar-refractivity contribution in [2.24, 2.45) is 11.7 Å². The number of rotatable bonds is 2. The molecule has 1 heterocycles. The summed E-state index contributed by atoms with van der Waals surface area (Å²) in [7, 11) is 0. The van der Waals surface area contributed by atoms with E-state index < -0.39 is 0 Å². The maximum absolute atomic E-state index is 5.93. The fourth-order valence-corrected chi connectivity index (χ4v) is 3.29. The average Bonchev–Trinajstić information content (AvgIpc) is 2.32. The second kappa shape index (κ2) is 5.62. The van der Waals surface area contributed by atoms with Crippen LogP contribution in [0.1, 0.15) is 45.2 Å². The Hall–Kier alpha value is -0.540. The van der Waals surface area contributed by atoms with Gasteiger partial charge < -0.3 is 10.6 Å². The van der Waals surface area contributed by atoms with Gasteiger partial charge in [0.15, 0.2) is 0 Å². The highest BCUT2D eigenvalue weighted by Crippen LogP contribution is 2.34. The Labute approximate surface area is 119 Å². The van der Waals surface area contributed by atoms with Gasteiger partial charge in [0.25, 0.3) is 0 Å². The Morgan fingerprint density at radius 1 is 1.33 bits per heavy atom. The molecule has 2 unspecified atom stereocenters. The molecule has 1 aromatic rings. The maximum Gasteiger partial charge on any atom is 0.0513 e. The molecule has 100 valence electrons. The molecule has 0 radical (unpaired) electrons. The van der Waals surface area contributed by atoms with Crippen LogP contribution in [-0.4, -0.2) is 12.6 Å². The molecule has 0 aromatic heterocycles. The third kappa shape index (κ3) is 2.89. The Morgan fingerprint density at radius 2 is 2.06 bits per heavy atom. The molecule has 0 spiro atoms. The van der Waals surface area contributed by atoms with Gasteiger partial charge in [-0.3, -0.25) is 0 Å². The molecule has 0 amide bonds. The number of hydrogen-bond acceptors (Lipinski definition) is 2. The molecule has 1 aliphatic heterocycles. The van der Waals surface area contributed by atoms with Gasteiger partial charge in [0, 0.05) is 23.1 Å². The standard InChI is InChI=1S/C15H23BrN2/c1-10-4-5-11(2)18(9-10)15-7-6-13(12(3)17)8-14(15)16/h6-8,10-12H,4-5,9,17H2,1-3H3/t10?,11?,12-/m1/s1. The largest absolute Gasteiger partial charge is 0.368 e. The molecule has 3 heteroatoms. The van der Waals surface area contributed by atoms with Crippen molar-refractivity contribution in [3.63, 3.8) is 0 Å². The molecule has 1 aliphatic rings. The van der Waals surface area contributed by atoms with E-state index in [-0.39, 0.29) is 6.04 Å². The van der Waals surface area contributed by atoms with Crippen molar-refractivity contribution in [3.8, 4) is 0 Å². The molecule has 3 atom stereocenters. The fraction of sp³-hybridized carbons (Fsp3) is 0.600. The lowest BCUT2D eigenvalue weighted by Gasteiger charge is -2.39. The van der Waals surface area contributed by atoms with Gasteiger partial charge in [-0.2, -0.15) is 0 Å². The van der Waals surface area contributed by atoms with Crippen molar-refractivity contribution >= 4 is 21.6 Å². The van der Waals surface area contributed by atoms with Crippen LogP contribution in [0.25, 0.3) is 0 Å². The van der Waals surface area contributed by atoms with Crippen LogP contribution < -0.4 is 10.6 Å². The Balaban J connectivity index is 2.27. The molecule has 0 saturated carbocycles. The first-order chi connectivity index (χ1) is 8.49. The zero-order valence-electron chi connectivity index (χ0n) is 11.5. The molecule has 2 nitrogen and oxygen atoms in total. The van der Waals surface area contributed by atoms with Gasteiger partial charge in [-0.15, -0.1) is 0 Å². The van der Waals surface area contributed by atoms with Crippen LogP contribution in [0.15, 0.2) is 22.7 Å². The van der Waals surface area contributed by atoms with E-state index in [1.807, 2.05) is 6.92 Å². The number of piperidine rings is 1. The summed E-state index contributed by atoms with van der Waals surface area (Å²) in [6.45, 7) is 7.82. The minimum atomic E-state index is 0.0908. The summed E-state index contributed by atoms with van der Waals surface area (Å²) in [6.07, 6.45) is 2.62. The van der Waals surface area contributed by atoms with Crippen LogP contribution >= 0.6 is 15.9 Å². The zero-order chi connectivity index (χ0) is 13.3. The van der Waals surface area contributed by atoms with E-state index in [2.05, 4.69) is 52.9 Å². The number of anilines is 1. The lowest BCUT2D eigenvalue weighted by Crippen LogP contribution is -2.41. The van der Waals surface area contributed by atoms with Crippen molar-refractivity contribution in [3.05, 3.63) is 28.2 Å². The second-order valence-corrected chi connectivity index (χ2v) is 6.54. The Bertz CT molecular complexity index is 417. The van der Waals surface area contributed by atoms with Crippen LogP contribution in [0.2, 0.25) is 0 Å². The molecule has 18 heavy (non-hydrogen) atoms. The summed E-state index contributed by atoms with van der Waals surface area (Å²) in [5, 5.41) is 0. The lowest BCUT2D eigenvalue weighted by atomic mass is 9.94. The Kier molecular flexibility index (Phi) is 4.33. The highest BCUT2D eigenvalue weighted by molar-refractivity contribution is 9.10. The quantitative estimate of drug-likeness (QED) is 0.891. The predicted octanol–water partition coefficient (Wildman–Crippen LogP) is 4.09. The van der Waals surface area contributed by atoms with E-state index in [1.165, 1.54) is 28.6 Å². The van der Waals surface area contributed by atoms with Crippen LogP contribution in [0.3, 0.4) is 0 Å². The molecule has 0 bridgehead atoms. The van der Waals surface area contributed by atoms with Gasteiger partial charge in [0.05, 0.1) is 5.69 Å². The van der Waals surface area contributed by atoms with E-state index >= 15 is 0 Å². The number of benzene rings is 1. The molecule has 2 rings (SSSR count). The maximum atomic E-state index is 5.93. The Morgan fingerprint density at radius 3 is 2.67 bits per heavy atom. The summed E-state index contributed by atoms with van der Waals surface area (Å²) in [5.74, 6) is 0.779. The number of nitrogens with two attached hydrogens (primary N) is 1. The summed E-state index contributed by atoms with van der Waals surface area (Å²) in [6, 6.07) is 7.23. The number of hydrogen-bond donors (Lipinski definition) is 1. The highest BCUT2D eigenvalue weighted by atomic mass is 79.9. The van der Waals surface area contributed by atoms with Gasteiger partial charge >= 0.3 is 0 Å². The minimum Gasteiger partial charge on any atom is -0.368 e. The highest BCUT2D eigenvalue weighted by Gasteiger charge is 2.24. The molecule has 2 N–H and O–H groups in total. The van der Waals surface area contributed by atoms with E-state index in [0.29, 0.717) is 6.04 Å². The van der Waals surface area contributed by atoms with Gasteiger partial charge in [-0.05, 0) is 66.2 Å². The van der Waals surface area contributed by atoms with Crippen LogP contribution in [0.4, 0.5) is 5.69 Å². The summed E-state index contributed by atoms with van der Waals surface area (Å²) >= 11 is 3.70.